The van der Waals surface area contributed by atoms with E-state index in [2.05, 4.69) is 13.0 Å². The van der Waals surface area contributed by atoms with Crippen molar-refractivity contribution in [2.45, 2.75) is 64.4 Å². The van der Waals surface area contributed by atoms with Gasteiger partial charge in [0.1, 0.15) is 0 Å². The molecule has 0 spiro atoms. The largest absolute Gasteiger partial charge is 0.388 e. The number of hydrogen-bond acceptors (Lipinski definition) is 1. The Morgan fingerprint density at radius 3 is 2.67 bits per heavy atom. The highest BCUT2D eigenvalue weighted by molar-refractivity contribution is 5.15. The number of aliphatic hydroxyl groups is 1. The molecule has 15 heavy (non-hydrogen) atoms. The van der Waals surface area contributed by atoms with Crippen LogP contribution in [0.4, 0.5) is 0 Å². The molecule has 0 aliphatic heterocycles. The van der Waals surface area contributed by atoms with Crippen LogP contribution in [-0.2, 0) is 0 Å². The van der Waals surface area contributed by atoms with Gasteiger partial charge in [-0.1, -0.05) is 45.1 Å². The molecule has 2 atom stereocenters. The second-order valence-corrected chi connectivity index (χ2v) is 5.26. The fourth-order valence-corrected chi connectivity index (χ4v) is 3.35. The lowest BCUT2D eigenvalue weighted by Gasteiger charge is -2.21. The SMILES string of the molecule is CCCC=C1CCC(C2CCCC2)C1O. The molecule has 0 radical (unpaired) electrons. The van der Waals surface area contributed by atoms with Gasteiger partial charge in [-0.15, -0.1) is 0 Å². The molecule has 0 aromatic heterocycles. The first-order chi connectivity index (χ1) is 7.33. The van der Waals surface area contributed by atoms with E-state index in [1.54, 1.807) is 0 Å². The minimum Gasteiger partial charge on any atom is -0.388 e. The van der Waals surface area contributed by atoms with Gasteiger partial charge in [0, 0.05) is 0 Å². The quantitative estimate of drug-likeness (QED) is 0.702. The number of aliphatic hydroxyl groups excluding tert-OH is 1. The summed E-state index contributed by atoms with van der Waals surface area (Å²) in [6.07, 6.45) is 12.4. The van der Waals surface area contributed by atoms with Crippen LogP contribution in [0.25, 0.3) is 0 Å². The normalized spacial score (nSPS) is 35.5. The lowest BCUT2D eigenvalue weighted by molar-refractivity contribution is 0.123. The van der Waals surface area contributed by atoms with Crippen molar-refractivity contribution in [3.05, 3.63) is 11.6 Å². The van der Waals surface area contributed by atoms with E-state index < -0.39 is 0 Å². The van der Waals surface area contributed by atoms with Crippen LogP contribution in [0.5, 0.6) is 0 Å². The molecule has 2 aliphatic rings. The Hall–Kier alpha value is -0.300. The van der Waals surface area contributed by atoms with E-state index >= 15 is 0 Å². The molecule has 0 aromatic rings. The molecular formula is C14H24O. The van der Waals surface area contributed by atoms with Gasteiger partial charge < -0.3 is 5.11 Å². The van der Waals surface area contributed by atoms with Crippen LogP contribution in [0.1, 0.15) is 58.3 Å². The molecule has 2 saturated carbocycles. The average Bonchev–Trinajstić information content (AvgIpc) is 2.84. The van der Waals surface area contributed by atoms with Crippen LogP contribution in [0, 0.1) is 11.8 Å². The maximum Gasteiger partial charge on any atom is 0.0781 e. The molecule has 2 unspecified atom stereocenters. The second kappa shape index (κ2) is 5.16. The van der Waals surface area contributed by atoms with Gasteiger partial charge in [0.2, 0.25) is 0 Å². The summed E-state index contributed by atoms with van der Waals surface area (Å²) in [5.41, 5.74) is 1.34. The van der Waals surface area contributed by atoms with Crippen LogP contribution < -0.4 is 0 Å². The third-order valence-corrected chi connectivity index (χ3v) is 4.25. The summed E-state index contributed by atoms with van der Waals surface area (Å²) < 4.78 is 0. The predicted octanol–water partition coefficient (Wildman–Crippen LogP) is 3.67. The first kappa shape index (κ1) is 11.2. The van der Waals surface area contributed by atoms with Crippen molar-refractivity contribution in [3.63, 3.8) is 0 Å². The maximum absolute atomic E-state index is 10.3. The average molecular weight is 208 g/mol. The molecule has 0 saturated heterocycles. The summed E-state index contributed by atoms with van der Waals surface area (Å²) in [5, 5.41) is 10.3. The van der Waals surface area contributed by atoms with Crippen LogP contribution in [-0.4, -0.2) is 11.2 Å². The van der Waals surface area contributed by atoms with Crippen molar-refractivity contribution >= 4 is 0 Å². The standard InChI is InChI=1S/C14H24O/c1-2-3-6-12-9-10-13(14(12)15)11-7-4-5-8-11/h6,11,13-15H,2-5,7-10H2,1H3. The Balaban J connectivity index is 1.93. The first-order valence-electron chi connectivity index (χ1n) is 6.70. The van der Waals surface area contributed by atoms with Crippen molar-refractivity contribution in [3.8, 4) is 0 Å². The van der Waals surface area contributed by atoms with Gasteiger partial charge in [0.15, 0.2) is 0 Å². The molecule has 1 nitrogen and oxygen atoms in total. The summed E-state index contributed by atoms with van der Waals surface area (Å²) in [6.45, 7) is 2.20. The van der Waals surface area contributed by atoms with Crippen molar-refractivity contribution in [2.24, 2.45) is 11.8 Å². The Bertz CT molecular complexity index is 225. The smallest absolute Gasteiger partial charge is 0.0781 e. The van der Waals surface area contributed by atoms with Crippen LogP contribution in [0.3, 0.4) is 0 Å². The fraction of sp³-hybridized carbons (Fsp3) is 0.857. The Labute approximate surface area is 93.6 Å². The molecule has 0 heterocycles. The summed E-state index contributed by atoms with van der Waals surface area (Å²) in [6, 6.07) is 0. The molecule has 0 aromatic carbocycles. The van der Waals surface area contributed by atoms with E-state index in [-0.39, 0.29) is 6.10 Å². The topological polar surface area (TPSA) is 20.2 Å². The van der Waals surface area contributed by atoms with E-state index in [0.29, 0.717) is 5.92 Å². The van der Waals surface area contributed by atoms with E-state index in [9.17, 15) is 5.11 Å². The highest BCUT2D eigenvalue weighted by Crippen LogP contribution is 2.42. The van der Waals surface area contributed by atoms with Gasteiger partial charge in [-0.2, -0.15) is 0 Å². The molecule has 0 amide bonds. The molecule has 2 rings (SSSR count). The number of allylic oxidation sites excluding steroid dienone is 1. The van der Waals surface area contributed by atoms with E-state index in [1.807, 2.05) is 0 Å². The van der Waals surface area contributed by atoms with E-state index in [0.717, 1.165) is 18.8 Å². The zero-order valence-electron chi connectivity index (χ0n) is 9.91. The molecule has 86 valence electrons. The number of hydrogen-bond donors (Lipinski definition) is 1. The highest BCUT2D eigenvalue weighted by Gasteiger charge is 2.36. The van der Waals surface area contributed by atoms with Crippen molar-refractivity contribution in [2.75, 3.05) is 0 Å². The van der Waals surface area contributed by atoms with Crippen molar-refractivity contribution in [1.29, 1.82) is 0 Å². The molecule has 2 fully saturated rings. The van der Waals surface area contributed by atoms with Gasteiger partial charge in [0.05, 0.1) is 6.10 Å². The Morgan fingerprint density at radius 1 is 1.27 bits per heavy atom. The molecule has 2 aliphatic carbocycles. The van der Waals surface area contributed by atoms with Gasteiger partial charge in [-0.3, -0.25) is 0 Å². The monoisotopic (exact) mass is 208 g/mol. The Morgan fingerprint density at radius 2 is 2.00 bits per heavy atom. The van der Waals surface area contributed by atoms with Crippen molar-refractivity contribution in [1.82, 2.24) is 0 Å². The maximum atomic E-state index is 10.3. The van der Waals surface area contributed by atoms with Crippen molar-refractivity contribution < 1.29 is 5.11 Å². The third kappa shape index (κ3) is 2.44. The predicted molar refractivity (Wildman–Crippen MR) is 63.7 cm³/mol. The first-order valence-corrected chi connectivity index (χ1v) is 6.70. The minimum atomic E-state index is -0.0975. The molecule has 1 N–H and O–H groups in total. The molecular weight excluding hydrogens is 184 g/mol. The minimum absolute atomic E-state index is 0.0975. The third-order valence-electron chi connectivity index (χ3n) is 4.25. The lowest BCUT2D eigenvalue weighted by atomic mass is 9.87. The zero-order chi connectivity index (χ0) is 10.7. The van der Waals surface area contributed by atoms with E-state index in [4.69, 9.17) is 0 Å². The lowest BCUT2D eigenvalue weighted by Crippen LogP contribution is -2.21. The summed E-state index contributed by atoms with van der Waals surface area (Å²) in [4.78, 5) is 0. The van der Waals surface area contributed by atoms with Gasteiger partial charge in [-0.05, 0) is 36.7 Å². The highest BCUT2D eigenvalue weighted by atomic mass is 16.3. The Kier molecular flexibility index (Phi) is 3.85. The zero-order valence-corrected chi connectivity index (χ0v) is 9.91. The van der Waals surface area contributed by atoms with Crippen LogP contribution in [0.2, 0.25) is 0 Å². The van der Waals surface area contributed by atoms with Gasteiger partial charge in [-0.25, -0.2) is 0 Å². The second-order valence-electron chi connectivity index (χ2n) is 5.26. The molecule has 0 bridgehead atoms. The summed E-state index contributed by atoms with van der Waals surface area (Å²) in [5.74, 6) is 1.42. The summed E-state index contributed by atoms with van der Waals surface area (Å²) in [7, 11) is 0. The van der Waals surface area contributed by atoms with E-state index in [1.165, 1.54) is 44.1 Å². The number of rotatable bonds is 3. The molecule has 1 heteroatoms. The fourth-order valence-electron chi connectivity index (χ4n) is 3.35. The van der Waals surface area contributed by atoms with Crippen LogP contribution >= 0.6 is 0 Å². The summed E-state index contributed by atoms with van der Waals surface area (Å²) >= 11 is 0. The van der Waals surface area contributed by atoms with Gasteiger partial charge in [0.25, 0.3) is 0 Å². The number of unbranched alkanes of at least 4 members (excludes halogenated alkanes) is 1. The van der Waals surface area contributed by atoms with Gasteiger partial charge >= 0.3 is 0 Å². The van der Waals surface area contributed by atoms with Crippen LogP contribution in [0.15, 0.2) is 11.6 Å².